The van der Waals surface area contributed by atoms with E-state index in [4.69, 9.17) is 0 Å². The lowest BCUT2D eigenvalue weighted by molar-refractivity contribution is 0.459. The van der Waals surface area contributed by atoms with Crippen LogP contribution in [0.15, 0.2) is 67.0 Å². The monoisotopic (exact) mass is 317 g/mol. The number of nitrogens with one attached hydrogen (secondary N) is 1. The first-order valence-corrected chi connectivity index (χ1v) is 8.75. The lowest BCUT2D eigenvalue weighted by atomic mass is 9.88. The maximum absolute atomic E-state index is 4.50. The number of aryl methyl sites for hydroxylation is 1. The fourth-order valence-electron chi connectivity index (χ4n) is 3.56. The third-order valence-corrected chi connectivity index (χ3v) is 4.80. The van der Waals surface area contributed by atoms with Gasteiger partial charge in [0, 0.05) is 24.3 Å². The van der Waals surface area contributed by atoms with Gasteiger partial charge in [0.25, 0.3) is 0 Å². The van der Waals surface area contributed by atoms with Crippen LogP contribution in [0.3, 0.4) is 0 Å². The Labute approximate surface area is 143 Å². The summed E-state index contributed by atoms with van der Waals surface area (Å²) in [4.78, 5) is 0. The molecule has 0 fully saturated rings. The lowest BCUT2D eigenvalue weighted by Gasteiger charge is -2.26. The molecule has 1 heterocycles. The molecule has 1 atom stereocenters. The SMILES string of the molecule is c1ccc(Cn2cc(CN[C@H]3CCCc4ccccc43)cn2)cc1. The van der Waals surface area contributed by atoms with E-state index in [0.717, 1.165) is 13.1 Å². The van der Waals surface area contributed by atoms with Gasteiger partial charge in [-0.15, -0.1) is 0 Å². The van der Waals surface area contributed by atoms with Gasteiger partial charge in [0.2, 0.25) is 0 Å². The summed E-state index contributed by atoms with van der Waals surface area (Å²) in [5.74, 6) is 0. The van der Waals surface area contributed by atoms with E-state index in [9.17, 15) is 0 Å². The molecule has 0 bridgehead atoms. The summed E-state index contributed by atoms with van der Waals surface area (Å²) in [6, 6.07) is 19.8. The Bertz CT molecular complexity index is 792. The van der Waals surface area contributed by atoms with E-state index in [1.807, 2.05) is 16.9 Å². The summed E-state index contributed by atoms with van der Waals surface area (Å²) in [6.45, 7) is 1.70. The third-order valence-electron chi connectivity index (χ3n) is 4.80. The van der Waals surface area contributed by atoms with Crippen LogP contribution >= 0.6 is 0 Å². The summed E-state index contributed by atoms with van der Waals surface area (Å²) >= 11 is 0. The molecule has 1 N–H and O–H groups in total. The zero-order valence-corrected chi connectivity index (χ0v) is 13.9. The van der Waals surface area contributed by atoms with Gasteiger partial charge in [-0.25, -0.2) is 0 Å². The molecule has 122 valence electrons. The van der Waals surface area contributed by atoms with Crippen LogP contribution in [-0.2, 0) is 19.5 Å². The minimum Gasteiger partial charge on any atom is -0.306 e. The molecule has 0 saturated heterocycles. The first kappa shape index (κ1) is 15.2. The molecule has 2 aromatic carbocycles. The van der Waals surface area contributed by atoms with E-state index in [-0.39, 0.29) is 0 Å². The van der Waals surface area contributed by atoms with E-state index in [1.165, 1.54) is 41.5 Å². The Balaban J connectivity index is 1.39. The van der Waals surface area contributed by atoms with Gasteiger partial charge in [-0.3, -0.25) is 4.68 Å². The van der Waals surface area contributed by atoms with Gasteiger partial charge < -0.3 is 5.32 Å². The molecule has 0 amide bonds. The molecule has 0 radical (unpaired) electrons. The number of aromatic nitrogens is 2. The van der Waals surface area contributed by atoms with Crippen molar-refractivity contribution in [1.82, 2.24) is 15.1 Å². The van der Waals surface area contributed by atoms with Crippen LogP contribution in [0.25, 0.3) is 0 Å². The second-order valence-electron chi connectivity index (χ2n) is 6.56. The van der Waals surface area contributed by atoms with Gasteiger partial charge in [0.1, 0.15) is 0 Å². The number of fused-ring (bicyclic) bond motifs is 1. The van der Waals surface area contributed by atoms with Crippen molar-refractivity contribution in [2.24, 2.45) is 0 Å². The van der Waals surface area contributed by atoms with Crippen molar-refractivity contribution in [2.75, 3.05) is 0 Å². The normalized spacial score (nSPS) is 16.8. The maximum atomic E-state index is 4.50. The highest BCUT2D eigenvalue weighted by molar-refractivity contribution is 5.32. The summed E-state index contributed by atoms with van der Waals surface area (Å²) in [5.41, 5.74) is 5.50. The molecule has 1 aliphatic rings. The van der Waals surface area contributed by atoms with Crippen molar-refractivity contribution < 1.29 is 0 Å². The van der Waals surface area contributed by atoms with Gasteiger partial charge in [0.15, 0.2) is 0 Å². The summed E-state index contributed by atoms with van der Waals surface area (Å²) in [6.07, 6.45) is 7.82. The first-order valence-electron chi connectivity index (χ1n) is 8.75. The molecule has 1 aromatic heterocycles. The van der Waals surface area contributed by atoms with E-state index >= 15 is 0 Å². The highest BCUT2D eigenvalue weighted by atomic mass is 15.3. The molecular formula is C21H23N3. The molecule has 3 aromatic rings. The van der Waals surface area contributed by atoms with Gasteiger partial charge in [-0.2, -0.15) is 5.10 Å². The molecule has 3 nitrogen and oxygen atoms in total. The van der Waals surface area contributed by atoms with Crippen LogP contribution in [0.1, 0.15) is 41.1 Å². The highest BCUT2D eigenvalue weighted by Crippen LogP contribution is 2.29. The van der Waals surface area contributed by atoms with Crippen LogP contribution in [0.4, 0.5) is 0 Å². The van der Waals surface area contributed by atoms with Gasteiger partial charge in [0.05, 0.1) is 12.7 Å². The molecule has 0 saturated carbocycles. The number of nitrogens with zero attached hydrogens (tertiary/aromatic N) is 2. The lowest BCUT2D eigenvalue weighted by Crippen LogP contribution is -2.24. The fraction of sp³-hybridized carbons (Fsp3) is 0.286. The van der Waals surface area contributed by atoms with Crippen molar-refractivity contribution in [3.8, 4) is 0 Å². The predicted molar refractivity (Wildman–Crippen MR) is 96.7 cm³/mol. The zero-order chi connectivity index (χ0) is 16.2. The van der Waals surface area contributed by atoms with Crippen LogP contribution in [0.2, 0.25) is 0 Å². The first-order chi connectivity index (χ1) is 11.9. The average Bonchev–Trinajstić information content (AvgIpc) is 3.08. The Morgan fingerprint density at radius 3 is 2.75 bits per heavy atom. The average molecular weight is 317 g/mol. The van der Waals surface area contributed by atoms with E-state index in [0.29, 0.717) is 6.04 Å². The van der Waals surface area contributed by atoms with E-state index in [2.05, 4.69) is 65.1 Å². The maximum Gasteiger partial charge on any atom is 0.0659 e. The molecule has 4 rings (SSSR count). The smallest absolute Gasteiger partial charge is 0.0659 e. The van der Waals surface area contributed by atoms with E-state index in [1.54, 1.807) is 0 Å². The second-order valence-corrected chi connectivity index (χ2v) is 6.56. The van der Waals surface area contributed by atoms with Crippen LogP contribution in [-0.4, -0.2) is 9.78 Å². The Morgan fingerprint density at radius 1 is 1.00 bits per heavy atom. The fourth-order valence-corrected chi connectivity index (χ4v) is 3.56. The molecular weight excluding hydrogens is 294 g/mol. The van der Waals surface area contributed by atoms with Crippen molar-refractivity contribution in [3.63, 3.8) is 0 Å². The minimum atomic E-state index is 0.465. The molecule has 0 spiro atoms. The number of hydrogen-bond acceptors (Lipinski definition) is 2. The van der Waals surface area contributed by atoms with Crippen molar-refractivity contribution in [2.45, 2.75) is 38.4 Å². The van der Waals surface area contributed by atoms with Gasteiger partial charge >= 0.3 is 0 Å². The Hall–Kier alpha value is -2.39. The van der Waals surface area contributed by atoms with Crippen LogP contribution in [0.5, 0.6) is 0 Å². The van der Waals surface area contributed by atoms with Crippen molar-refractivity contribution in [1.29, 1.82) is 0 Å². The highest BCUT2D eigenvalue weighted by Gasteiger charge is 2.19. The number of hydrogen-bond donors (Lipinski definition) is 1. The van der Waals surface area contributed by atoms with Crippen molar-refractivity contribution >= 4 is 0 Å². The Morgan fingerprint density at radius 2 is 1.83 bits per heavy atom. The van der Waals surface area contributed by atoms with Gasteiger partial charge in [-0.05, 0) is 36.0 Å². The summed E-state index contributed by atoms with van der Waals surface area (Å²) in [7, 11) is 0. The second kappa shape index (κ2) is 7.02. The Kier molecular flexibility index (Phi) is 4.43. The minimum absolute atomic E-state index is 0.465. The third kappa shape index (κ3) is 3.41. The largest absolute Gasteiger partial charge is 0.306 e. The standard InChI is InChI=1S/C21H23N3/c1-2-7-17(8-3-1)15-24-16-18(14-23-24)13-22-21-12-6-10-19-9-4-5-11-20(19)21/h1-5,7-9,11,14,16,21-22H,6,10,12-13,15H2/t21-/m0/s1. The zero-order valence-electron chi connectivity index (χ0n) is 13.9. The molecule has 1 aliphatic carbocycles. The summed E-state index contributed by atoms with van der Waals surface area (Å²) < 4.78 is 2.02. The quantitative estimate of drug-likeness (QED) is 0.768. The van der Waals surface area contributed by atoms with E-state index < -0.39 is 0 Å². The summed E-state index contributed by atoms with van der Waals surface area (Å²) in [5, 5.41) is 8.21. The van der Waals surface area contributed by atoms with Crippen LogP contribution < -0.4 is 5.32 Å². The molecule has 0 unspecified atom stereocenters. The molecule has 24 heavy (non-hydrogen) atoms. The number of benzene rings is 2. The predicted octanol–water partition coefficient (Wildman–Crippen LogP) is 4.10. The van der Waals surface area contributed by atoms with Crippen molar-refractivity contribution in [3.05, 3.63) is 89.2 Å². The molecule has 0 aliphatic heterocycles. The number of rotatable bonds is 5. The molecule has 3 heteroatoms. The topological polar surface area (TPSA) is 29.9 Å². The van der Waals surface area contributed by atoms with Crippen LogP contribution in [0, 0.1) is 0 Å². The van der Waals surface area contributed by atoms with Gasteiger partial charge in [-0.1, -0.05) is 54.6 Å².